The highest BCUT2D eigenvalue weighted by Gasteiger charge is 2.15. The third kappa shape index (κ3) is 5.37. The maximum Gasteiger partial charge on any atom is 0.224 e. The second kappa shape index (κ2) is 8.70. The van der Waals surface area contributed by atoms with E-state index in [1.807, 2.05) is 29.1 Å². The van der Waals surface area contributed by atoms with Crippen LogP contribution < -0.4 is 10.6 Å². The number of hydrogen-bond donors (Lipinski definition) is 2. The summed E-state index contributed by atoms with van der Waals surface area (Å²) in [4.78, 5) is 12.0. The number of halogens is 1. The minimum atomic E-state index is 0. The Morgan fingerprint density at radius 2 is 2.17 bits per heavy atom. The van der Waals surface area contributed by atoms with Crippen LogP contribution in [0.5, 0.6) is 0 Å². The average Bonchev–Trinajstić information content (AvgIpc) is 3.18. The van der Waals surface area contributed by atoms with Gasteiger partial charge in [0.2, 0.25) is 5.91 Å². The molecule has 1 fully saturated rings. The Kier molecular flexibility index (Phi) is 6.62. The van der Waals surface area contributed by atoms with E-state index in [0.717, 1.165) is 18.7 Å². The molecule has 2 aromatic rings. The van der Waals surface area contributed by atoms with Crippen LogP contribution in [0.25, 0.3) is 0 Å². The van der Waals surface area contributed by atoms with Crippen LogP contribution in [-0.4, -0.2) is 28.3 Å². The molecular weight excluding hydrogens is 312 g/mol. The van der Waals surface area contributed by atoms with Crippen LogP contribution in [0.15, 0.2) is 42.7 Å². The summed E-state index contributed by atoms with van der Waals surface area (Å²) in [5, 5.41) is 10.6. The smallest absolute Gasteiger partial charge is 0.224 e. The Hall–Kier alpha value is -1.85. The predicted octanol–water partition coefficient (Wildman–Crippen LogP) is 2.82. The molecule has 1 amide bonds. The van der Waals surface area contributed by atoms with Crippen LogP contribution in [-0.2, 0) is 11.3 Å². The second-order valence-corrected chi connectivity index (χ2v) is 5.79. The lowest BCUT2D eigenvalue weighted by atomic mass is 10.1. The van der Waals surface area contributed by atoms with Crippen molar-refractivity contribution in [2.45, 2.75) is 38.3 Å². The molecule has 2 heterocycles. The Morgan fingerprint density at radius 1 is 1.35 bits per heavy atom. The monoisotopic (exact) mass is 334 g/mol. The molecule has 2 N–H and O–H groups in total. The zero-order valence-electron chi connectivity index (χ0n) is 13.1. The first-order valence-corrected chi connectivity index (χ1v) is 7.89. The number of benzene rings is 1. The van der Waals surface area contributed by atoms with Crippen molar-refractivity contribution in [2.24, 2.45) is 0 Å². The molecule has 1 aromatic heterocycles. The van der Waals surface area contributed by atoms with Crippen LogP contribution in [0.1, 0.15) is 31.2 Å². The normalized spacial score (nSPS) is 16.8. The van der Waals surface area contributed by atoms with Crippen molar-refractivity contribution < 1.29 is 4.79 Å². The fourth-order valence-electron chi connectivity index (χ4n) is 2.82. The average molecular weight is 335 g/mol. The topological polar surface area (TPSA) is 59.0 Å². The third-order valence-corrected chi connectivity index (χ3v) is 3.99. The molecule has 0 saturated carbocycles. The quantitative estimate of drug-likeness (QED) is 0.854. The van der Waals surface area contributed by atoms with Gasteiger partial charge in [-0.1, -0.05) is 30.3 Å². The van der Waals surface area contributed by atoms with Gasteiger partial charge < -0.3 is 10.6 Å². The number of amides is 1. The van der Waals surface area contributed by atoms with Gasteiger partial charge in [-0.15, -0.1) is 12.4 Å². The van der Waals surface area contributed by atoms with Gasteiger partial charge in [-0.3, -0.25) is 9.48 Å². The van der Waals surface area contributed by atoms with Gasteiger partial charge in [0.1, 0.15) is 0 Å². The van der Waals surface area contributed by atoms with E-state index in [-0.39, 0.29) is 18.3 Å². The lowest BCUT2D eigenvalue weighted by Gasteiger charge is -2.09. The molecule has 1 saturated heterocycles. The van der Waals surface area contributed by atoms with E-state index in [1.165, 1.54) is 18.4 Å². The number of nitrogens with zero attached hydrogens (tertiary/aromatic N) is 2. The first kappa shape index (κ1) is 17.5. The van der Waals surface area contributed by atoms with E-state index < -0.39 is 0 Å². The molecule has 1 aromatic carbocycles. The molecule has 1 aliphatic heterocycles. The van der Waals surface area contributed by atoms with Crippen molar-refractivity contribution in [3.05, 3.63) is 48.3 Å². The number of aromatic nitrogens is 2. The minimum Gasteiger partial charge on any atom is -0.323 e. The van der Waals surface area contributed by atoms with Gasteiger partial charge in [0.05, 0.1) is 18.4 Å². The maximum atomic E-state index is 12.0. The van der Waals surface area contributed by atoms with Crippen molar-refractivity contribution in [1.82, 2.24) is 15.1 Å². The Bertz CT molecular complexity index is 608. The van der Waals surface area contributed by atoms with E-state index in [9.17, 15) is 4.79 Å². The molecule has 5 nitrogen and oxygen atoms in total. The van der Waals surface area contributed by atoms with E-state index in [0.29, 0.717) is 19.0 Å². The number of rotatable bonds is 6. The van der Waals surface area contributed by atoms with Gasteiger partial charge in [-0.25, -0.2) is 0 Å². The van der Waals surface area contributed by atoms with E-state index in [2.05, 4.69) is 27.9 Å². The maximum absolute atomic E-state index is 12.0. The fraction of sp³-hybridized carbons (Fsp3) is 0.412. The van der Waals surface area contributed by atoms with Crippen molar-refractivity contribution in [3.63, 3.8) is 0 Å². The van der Waals surface area contributed by atoms with Gasteiger partial charge in [-0.05, 0) is 31.4 Å². The van der Waals surface area contributed by atoms with Gasteiger partial charge >= 0.3 is 0 Å². The Morgan fingerprint density at radius 3 is 2.91 bits per heavy atom. The lowest BCUT2D eigenvalue weighted by Crippen LogP contribution is -2.23. The molecular formula is C17H23ClN4O. The van der Waals surface area contributed by atoms with Gasteiger partial charge in [-0.2, -0.15) is 5.10 Å². The summed E-state index contributed by atoms with van der Waals surface area (Å²) < 4.78 is 1.84. The fourth-order valence-corrected chi connectivity index (χ4v) is 2.82. The number of nitrogens with one attached hydrogen (secondary N) is 2. The van der Waals surface area contributed by atoms with Gasteiger partial charge in [0.15, 0.2) is 0 Å². The van der Waals surface area contributed by atoms with Crippen LogP contribution >= 0.6 is 12.4 Å². The summed E-state index contributed by atoms with van der Waals surface area (Å²) in [6.45, 7) is 1.79. The number of carbonyl (C=O) groups is 1. The standard InChI is InChI=1S/C17H22N4O.ClH/c22-17(9-8-15-7-4-10-18-15)20-16-11-19-21(13-16)12-14-5-2-1-3-6-14;/h1-3,5-6,11,13,15,18H,4,7-10,12H2,(H,20,22);1H. The molecule has 1 unspecified atom stereocenters. The Labute approximate surface area is 142 Å². The predicted molar refractivity (Wildman–Crippen MR) is 93.9 cm³/mol. The highest BCUT2D eigenvalue weighted by atomic mass is 35.5. The second-order valence-electron chi connectivity index (χ2n) is 5.79. The van der Waals surface area contributed by atoms with Crippen LogP contribution in [0.3, 0.4) is 0 Å². The lowest BCUT2D eigenvalue weighted by molar-refractivity contribution is -0.116. The van der Waals surface area contributed by atoms with E-state index in [4.69, 9.17) is 0 Å². The molecule has 0 radical (unpaired) electrons. The Balaban J connectivity index is 0.00000192. The first-order chi connectivity index (χ1) is 10.8. The molecule has 6 heteroatoms. The highest BCUT2D eigenvalue weighted by molar-refractivity contribution is 5.90. The van der Waals surface area contributed by atoms with Crippen molar-refractivity contribution in [2.75, 3.05) is 11.9 Å². The highest BCUT2D eigenvalue weighted by Crippen LogP contribution is 2.12. The summed E-state index contributed by atoms with van der Waals surface area (Å²) in [7, 11) is 0. The number of carbonyl (C=O) groups excluding carboxylic acids is 1. The summed E-state index contributed by atoms with van der Waals surface area (Å²) in [5.41, 5.74) is 1.95. The molecule has 0 spiro atoms. The van der Waals surface area contributed by atoms with Crippen molar-refractivity contribution >= 4 is 24.0 Å². The molecule has 1 aliphatic rings. The summed E-state index contributed by atoms with van der Waals surface area (Å²) in [5.74, 6) is 0.0629. The van der Waals surface area contributed by atoms with E-state index in [1.54, 1.807) is 6.20 Å². The molecule has 3 rings (SSSR count). The molecule has 0 bridgehead atoms. The summed E-state index contributed by atoms with van der Waals surface area (Å²) >= 11 is 0. The zero-order valence-corrected chi connectivity index (χ0v) is 13.9. The van der Waals surface area contributed by atoms with Crippen molar-refractivity contribution in [3.8, 4) is 0 Å². The van der Waals surface area contributed by atoms with Crippen LogP contribution in [0.4, 0.5) is 5.69 Å². The largest absolute Gasteiger partial charge is 0.323 e. The summed E-state index contributed by atoms with van der Waals surface area (Å²) in [6, 6.07) is 10.7. The molecule has 23 heavy (non-hydrogen) atoms. The summed E-state index contributed by atoms with van der Waals surface area (Å²) in [6.07, 6.45) is 7.44. The van der Waals surface area contributed by atoms with Gasteiger partial charge in [0, 0.05) is 18.7 Å². The molecule has 1 atom stereocenters. The third-order valence-electron chi connectivity index (χ3n) is 3.99. The van der Waals surface area contributed by atoms with E-state index >= 15 is 0 Å². The SMILES string of the molecule is Cl.O=C(CCC1CCCN1)Nc1cnn(Cc2ccccc2)c1. The number of hydrogen-bond acceptors (Lipinski definition) is 3. The molecule has 124 valence electrons. The van der Waals surface area contributed by atoms with Crippen LogP contribution in [0.2, 0.25) is 0 Å². The van der Waals surface area contributed by atoms with Gasteiger partial charge in [0.25, 0.3) is 0 Å². The number of anilines is 1. The first-order valence-electron chi connectivity index (χ1n) is 7.89. The van der Waals surface area contributed by atoms with Crippen LogP contribution in [0, 0.1) is 0 Å². The van der Waals surface area contributed by atoms with Crippen molar-refractivity contribution in [1.29, 1.82) is 0 Å². The minimum absolute atomic E-state index is 0. The molecule has 0 aliphatic carbocycles. The zero-order chi connectivity index (χ0) is 15.2.